The summed E-state index contributed by atoms with van der Waals surface area (Å²) in [5.41, 5.74) is 0.944. The van der Waals surface area contributed by atoms with Crippen LogP contribution in [0, 0.1) is 6.92 Å². The zero-order valence-electron chi connectivity index (χ0n) is 11.1. The number of hydrogen-bond acceptors (Lipinski definition) is 3. The van der Waals surface area contributed by atoms with Crippen LogP contribution in [-0.4, -0.2) is 45.6 Å². The van der Waals surface area contributed by atoms with Gasteiger partial charge in [-0.25, -0.2) is 4.79 Å². The molecule has 1 aromatic carbocycles. The van der Waals surface area contributed by atoms with Crippen molar-refractivity contribution in [2.45, 2.75) is 24.7 Å². The van der Waals surface area contributed by atoms with Gasteiger partial charge in [-0.3, -0.25) is 4.21 Å². The number of nitrogens with zero attached hydrogens (tertiary/aromatic N) is 1. The van der Waals surface area contributed by atoms with E-state index in [1.807, 2.05) is 0 Å². The van der Waals surface area contributed by atoms with Crippen LogP contribution < -0.4 is 0 Å². The van der Waals surface area contributed by atoms with E-state index < -0.39 is 16.8 Å². The van der Waals surface area contributed by atoms with Crippen LogP contribution in [0.1, 0.15) is 28.8 Å². The first kappa shape index (κ1) is 14.2. The third kappa shape index (κ3) is 3.64. The molecule has 19 heavy (non-hydrogen) atoms. The Labute approximate surface area is 115 Å². The maximum Gasteiger partial charge on any atom is 0.335 e. The Balaban J connectivity index is 2.02. The van der Waals surface area contributed by atoms with Crippen molar-refractivity contribution in [1.29, 1.82) is 0 Å². The van der Waals surface area contributed by atoms with Crippen LogP contribution >= 0.6 is 0 Å². The molecule has 104 valence electrons. The van der Waals surface area contributed by atoms with E-state index in [0.29, 0.717) is 16.2 Å². The highest BCUT2D eigenvalue weighted by atomic mass is 32.2. The highest BCUT2D eigenvalue weighted by molar-refractivity contribution is 7.85. The lowest BCUT2D eigenvalue weighted by molar-refractivity contribution is 0.0696. The van der Waals surface area contributed by atoms with E-state index in [1.54, 1.807) is 19.1 Å². The minimum atomic E-state index is -1.12. The molecule has 0 aromatic heterocycles. The van der Waals surface area contributed by atoms with Gasteiger partial charge in [0.15, 0.2) is 0 Å². The number of aromatic carboxylic acids is 1. The predicted molar refractivity (Wildman–Crippen MR) is 75.1 cm³/mol. The average Bonchev–Trinajstić information content (AvgIpc) is 2.89. The lowest BCUT2D eigenvalue weighted by Gasteiger charge is -2.14. The van der Waals surface area contributed by atoms with E-state index >= 15 is 0 Å². The van der Waals surface area contributed by atoms with E-state index in [-0.39, 0.29) is 5.56 Å². The van der Waals surface area contributed by atoms with Crippen LogP contribution in [0.4, 0.5) is 0 Å². The zero-order chi connectivity index (χ0) is 13.8. The molecule has 0 amide bonds. The molecule has 1 heterocycles. The molecular weight excluding hydrogens is 262 g/mol. The summed E-state index contributed by atoms with van der Waals surface area (Å²) in [4.78, 5) is 14.0. The fourth-order valence-corrected chi connectivity index (χ4v) is 3.44. The Morgan fingerprint density at radius 3 is 2.68 bits per heavy atom. The molecule has 0 radical (unpaired) electrons. The normalized spacial score (nSPS) is 17.5. The SMILES string of the molecule is Cc1ccc(S(=O)CCN2CCCC2)cc1C(=O)O. The van der Waals surface area contributed by atoms with Crippen molar-refractivity contribution in [1.82, 2.24) is 4.90 Å². The van der Waals surface area contributed by atoms with Gasteiger partial charge in [-0.1, -0.05) is 6.07 Å². The summed E-state index contributed by atoms with van der Waals surface area (Å²) in [6.07, 6.45) is 2.45. The van der Waals surface area contributed by atoms with Gasteiger partial charge in [0.05, 0.1) is 16.4 Å². The summed E-state index contributed by atoms with van der Waals surface area (Å²) in [7, 11) is -1.12. The lowest BCUT2D eigenvalue weighted by Crippen LogP contribution is -2.24. The van der Waals surface area contributed by atoms with E-state index in [9.17, 15) is 9.00 Å². The predicted octanol–water partition coefficient (Wildman–Crippen LogP) is 1.90. The van der Waals surface area contributed by atoms with Gasteiger partial charge < -0.3 is 10.0 Å². The summed E-state index contributed by atoms with van der Waals surface area (Å²) in [5, 5.41) is 9.07. The Morgan fingerprint density at radius 1 is 1.37 bits per heavy atom. The van der Waals surface area contributed by atoms with Crippen molar-refractivity contribution in [2.24, 2.45) is 0 Å². The Kier molecular flexibility index (Phi) is 4.71. The summed E-state index contributed by atoms with van der Waals surface area (Å²) < 4.78 is 12.2. The second-order valence-corrected chi connectivity index (χ2v) is 6.45. The molecule has 1 aromatic rings. The van der Waals surface area contributed by atoms with Gasteiger partial charge >= 0.3 is 5.97 Å². The number of carboxylic acids is 1. The molecule has 0 aliphatic carbocycles. The zero-order valence-corrected chi connectivity index (χ0v) is 11.9. The number of aryl methyl sites for hydroxylation is 1. The Morgan fingerprint density at radius 2 is 2.05 bits per heavy atom. The number of carbonyl (C=O) groups is 1. The van der Waals surface area contributed by atoms with Crippen molar-refractivity contribution in [3.05, 3.63) is 29.3 Å². The van der Waals surface area contributed by atoms with Gasteiger partial charge in [0, 0.05) is 17.2 Å². The van der Waals surface area contributed by atoms with Gasteiger partial charge in [-0.05, 0) is 50.6 Å². The second kappa shape index (κ2) is 6.30. The van der Waals surface area contributed by atoms with Crippen molar-refractivity contribution in [3.8, 4) is 0 Å². The molecule has 1 aliphatic rings. The molecule has 1 fully saturated rings. The van der Waals surface area contributed by atoms with Crippen molar-refractivity contribution < 1.29 is 14.1 Å². The Bertz CT molecular complexity index is 495. The van der Waals surface area contributed by atoms with Crippen LogP contribution in [0.3, 0.4) is 0 Å². The topological polar surface area (TPSA) is 57.6 Å². The maximum absolute atomic E-state index is 12.2. The van der Waals surface area contributed by atoms with Gasteiger partial charge in [-0.2, -0.15) is 0 Å². The number of likely N-dealkylation sites (tertiary alicyclic amines) is 1. The molecule has 1 N–H and O–H groups in total. The largest absolute Gasteiger partial charge is 0.478 e. The van der Waals surface area contributed by atoms with Crippen molar-refractivity contribution >= 4 is 16.8 Å². The average molecular weight is 281 g/mol. The van der Waals surface area contributed by atoms with Gasteiger partial charge in [0.25, 0.3) is 0 Å². The smallest absolute Gasteiger partial charge is 0.335 e. The van der Waals surface area contributed by atoms with Crippen LogP contribution in [0.25, 0.3) is 0 Å². The fraction of sp³-hybridized carbons (Fsp3) is 0.500. The first-order valence-electron chi connectivity index (χ1n) is 6.52. The van der Waals surface area contributed by atoms with Crippen LogP contribution in [0.15, 0.2) is 23.1 Å². The first-order valence-corrected chi connectivity index (χ1v) is 7.84. The Hall–Kier alpha value is -1.20. The molecule has 2 rings (SSSR count). The standard InChI is InChI=1S/C14H19NO3S/c1-11-4-5-12(10-13(11)14(16)17)19(18)9-8-15-6-2-3-7-15/h4-5,10H,2-3,6-9H2,1H3,(H,16,17). The quantitative estimate of drug-likeness (QED) is 0.895. The fourth-order valence-electron chi connectivity index (χ4n) is 2.31. The minimum Gasteiger partial charge on any atom is -0.478 e. The van der Waals surface area contributed by atoms with Crippen LogP contribution in [0.5, 0.6) is 0 Å². The van der Waals surface area contributed by atoms with Crippen LogP contribution in [-0.2, 0) is 10.8 Å². The summed E-state index contributed by atoms with van der Waals surface area (Å²) in [5.74, 6) is -0.391. The van der Waals surface area contributed by atoms with Crippen molar-refractivity contribution in [3.63, 3.8) is 0 Å². The molecule has 1 aliphatic heterocycles. The molecule has 0 spiro atoms. The van der Waals surface area contributed by atoms with Gasteiger partial charge in [0.2, 0.25) is 0 Å². The second-order valence-electron chi connectivity index (χ2n) is 4.88. The van der Waals surface area contributed by atoms with Gasteiger partial charge in [0.1, 0.15) is 0 Å². The highest BCUT2D eigenvalue weighted by Gasteiger charge is 2.15. The van der Waals surface area contributed by atoms with E-state index in [4.69, 9.17) is 5.11 Å². The van der Waals surface area contributed by atoms with Crippen LogP contribution in [0.2, 0.25) is 0 Å². The molecule has 1 saturated heterocycles. The van der Waals surface area contributed by atoms with Crippen molar-refractivity contribution in [2.75, 3.05) is 25.4 Å². The van der Waals surface area contributed by atoms with Gasteiger partial charge in [-0.15, -0.1) is 0 Å². The molecule has 5 heteroatoms. The number of rotatable bonds is 5. The molecule has 1 unspecified atom stereocenters. The molecular formula is C14H19NO3S. The highest BCUT2D eigenvalue weighted by Crippen LogP contribution is 2.15. The molecule has 4 nitrogen and oxygen atoms in total. The number of benzene rings is 1. The van der Waals surface area contributed by atoms with E-state index in [1.165, 1.54) is 18.9 Å². The third-order valence-electron chi connectivity index (χ3n) is 3.49. The monoisotopic (exact) mass is 281 g/mol. The number of carboxylic acid groups (broad SMARTS) is 1. The lowest BCUT2D eigenvalue weighted by atomic mass is 10.1. The molecule has 0 bridgehead atoms. The third-order valence-corrected chi connectivity index (χ3v) is 4.83. The van der Waals surface area contributed by atoms with E-state index in [0.717, 1.165) is 19.6 Å². The number of hydrogen-bond donors (Lipinski definition) is 1. The summed E-state index contributed by atoms with van der Waals surface area (Å²) >= 11 is 0. The minimum absolute atomic E-state index is 0.243. The molecule has 1 atom stereocenters. The molecule has 0 saturated carbocycles. The van der Waals surface area contributed by atoms with E-state index in [2.05, 4.69) is 4.90 Å². The summed E-state index contributed by atoms with van der Waals surface area (Å²) in [6, 6.07) is 5.03. The summed E-state index contributed by atoms with van der Waals surface area (Å²) in [6.45, 7) is 4.75. The maximum atomic E-state index is 12.2. The first-order chi connectivity index (χ1) is 9.08.